The predicted molar refractivity (Wildman–Crippen MR) is 76.3 cm³/mol. The molecule has 2 rings (SSSR count). The molecule has 1 atom stereocenters. The number of rotatable bonds is 4. The number of imidazole rings is 1. The molecule has 1 heterocycles. The van der Waals surface area contributed by atoms with Crippen LogP contribution in [-0.2, 0) is 13.7 Å². The van der Waals surface area contributed by atoms with Crippen LogP contribution in [0.4, 0.5) is 0 Å². The Morgan fingerprint density at radius 1 is 1.47 bits per heavy atom. The molecule has 0 unspecified atom stereocenters. The summed E-state index contributed by atoms with van der Waals surface area (Å²) in [4.78, 5) is 4.20. The lowest BCUT2D eigenvalue weighted by atomic mass is 10.1. The van der Waals surface area contributed by atoms with Gasteiger partial charge in [-0.3, -0.25) is 0 Å². The summed E-state index contributed by atoms with van der Waals surface area (Å²) in [7, 11) is 1.86. The first kappa shape index (κ1) is 13.9. The highest BCUT2D eigenvalue weighted by Crippen LogP contribution is 2.25. The molecule has 1 aromatic carbocycles. The molecule has 1 aromatic heterocycles. The molecule has 5 heteroatoms. The van der Waals surface area contributed by atoms with E-state index in [1.165, 1.54) is 5.56 Å². The second-order valence-electron chi connectivity index (χ2n) is 4.67. The van der Waals surface area contributed by atoms with Crippen LogP contribution in [0.15, 0.2) is 24.4 Å². The number of hydrogen-bond donors (Lipinski definition) is 1. The van der Waals surface area contributed by atoms with Gasteiger partial charge in [-0.25, -0.2) is 4.98 Å². The van der Waals surface area contributed by atoms with Gasteiger partial charge in [0, 0.05) is 18.7 Å². The molecule has 0 radical (unpaired) electrons. The Bertz CT molecular complexity index is 578. The number of nitrogens with zero attached hydrogens (tertiary/aromatic N) is 2. The molecule has 19 heavy (non-hydrogen) atoms. The summed E-state index contributed by atoms with van der Waals surface area (Å²) in [5.74, 6) is 1.57. The van der Waals surface area contributed by atoms with Crippen molar-refractivity contribution in [3.63, 3.8) is 0 Å². The van der Waals surface area contributed by atoms with E-state index in [1.807, 2.05) is 39.1 Å². The predicted octanol–water partition coefficient (Wildman–Crippen LogP) is 2.98. The number of aryl methyl sites for hydroxylation is 1. The van der Waals surface area contributed by atoms with Crippen LogP contribution in [0.5, 0.6) is 5.75 Å². The van der Waals surface area contributed by atoms with Crippen LogP contribution in [0.25, 0.3) is 0 Å². The van der Waals surface area contributed by atoms with E-state index in [0.717, 1.165) is 17.1 Å². The molecule has 0 spiro atoms. The molecule has 0 aliphatic carbocycles. The zero-order valence-corrected chi connectivity index (χ0v) is 12.1. The number of halogens is 1. The third-order valence-electron chi connectivity index (χ3n) is 3.04. The molecule has 2 N–H and O–H groups in total. The lowest BCUT2D eigenvalue weighted by molar-refractivity contribution is 0.287. The summed E-state index contributed by atoms with van der Waals surface area (Å²) in [5, 5.41) is 0.593. The monoisotopic (exact) mass is 279 g/mol. The van der Waals surface area contributed by atoms with Crippen LogP contribution in [0.3, 0.4) is 0 Å². The number of aromatic nitrogens is 2. The largest absolute Gasteiger partial charge is 0.485 e. The maximum Gasteiger partial charge on any atom is 0.147 e. The van der Waals surface area contributed by atoms with Crippen LogP contribution in [0.2, 0.25) is 5.15 Å². The van der Waals surface area contributed by atoms with Crippen molar-refractivity contribution >= 4 is 11.6 Å². The minimum Gasteiger partial charge on any atom is -0.485 e. The second-order valence-corrected chi connectivity index (χ2v) is 5.06. The van der Waals surface area contributed by atoms with Crippen molar-refractivity contribution in [2.45, 2.75) is 26.5 Å². The van der Waals surface area contributed by atoms with Crippen LogP contribution in [-0.4, -0.2) is 9.55 Å². The Kier molecular flexibility index (Phi) is 4.12. The Balaban J connectivity index is 2.17. The number of nitrogens with two attached hydrogens (primary N) is 1. The van der Waals surface area contributed by atoms with Gasteiger partial charge in [-0.1, -0.05) is 29.3 Å². The van der Waals surface area contributed by atoms with E-state index in [9.17, 15) is 0 Å². The summed E-state index contributed by atoms with van der Waals surface area (Å²) in [6.45, 7) is 4.35. The van der Waals surface area contributed by atoms with Gasteiger partial charge in [0.1, 0.15) is 23.3 Å². The van der Waals surface area contributed by atoms with Crippen LogP contribution in [0, 0.1) is 6.92 Å². The van der Waals surface area contributed by atoms with Crippen LogP contribution in [0.1, 0.15) is 29.9 Å². The van der Waals surface area contributed by atoms with Gasteiger partial charge in [0.05, 0.1) is 6.20 Å². The van der Waals surface area contributed by atoms with Crippen molar-refractivity contribution < 1.29 is 4.74 Å². The van der Waals surface area contributed by atoms with E-state index in [-0.39, 0.29) is 6.04 Å². The first-order valence-corrected chi connectivity index (χ1v) is 6.52. The fraction of sp³-hybridized carbons (Fsp3) is 0.357. The highest BCUT2D eigenvalue weighted by Gasteiger charge is 2.10. The Labute approximate surface area is 118 Å². The van der Waals surface area contributed by atoms with Crippen LogP contribution < -0.4 is 10.5 Å². The summed E-state index contributed by atoms with van der Waals surface area (Å²) >= 11 is 5.94. The lowest BCUT2D eigenvalue weighted by Crippen LogP contribution is -2.10. The molecule has 2 aromatic rings. The molecule has 4 nitrogen and oxygen atoms in total. The molecular weight excluding hydrogens is 262 g/mol. The van der Waals surface area contributed by atoms with Crippen molar-refractivity contribution in [1.82, 2.24) is 9.55 Å². The zero-order valence-electron chi connectivity index (χ0n) is 11.4. The summed E-state index contributed by atoms with van der Waals surface area (Å²) in [5.41, 5.74) is 8.13. The molecule has 0 aliphatic rings. The van der Waals surface area contributed by atoms with Gasteiger partial charge in [0.15, 0.2) is 0 Å². The normalized spacial score (nSPS) is 12.5. The molecule has 0 aliphatic heterocycles. The topological polar surface area (TPSA) is 53.1 Å². The van der Waals surface area contributed by atoms with E-state index < -0.39 is 0 Å². The van der Waals surface area contributed by atoms with Crippen LogP contribution >= 0.6 is 11.6 Å². The molecule has 0 saturated carbocycles. The van der Waals surface area contributed by atoms with E-state index in [0.29, 0.717) is 11.8 Å². The first-order chi connectivity index (χ1) is 8.99. The minimum atomic E-state index is -0.0696. The van der Waals surface area contributed by atoms with Crippen molar-refractivity contribution in [3.05, 3.63) is 46.5 Å². The van der Waals surface area contributed by atoms with Gasteiger partial charge < -0.3 is 15.0 Å². The Hall–Kier alpha value is -1.52. The van der Waals surface area contributed by atoms with Gasteiger partial charge >= 0.3 is 0 Å². The average molecular weight is 280 g/mol. The van der Waals surface area contributed by atoms with Gasteiger partial charge in [-0.2, -0.15) is 0 Å². The van der Waals surface area contributed by atoms with Crippen molar-refractivity contribution in [2.75, 3.05) is 0 Å². The standard InChI is InChI=1S/C14H18ClN3O/c1-9-4-5-12(11(6-9)10(2)16)19-8-14-17-7-13(15)18(14)3/h4-7,10H,8,16H2,1-3H3/t10-/m0/s1. The molecule has 0 amide bonds. The third kappa shape index (κ3) is 3.08. The first-order valence-electron chi connectivity index (χ1n) is 6.14. The van der Waals surface area contributed by atoms with Gasteiger partial charge in [-0.05, 0) is 19.9 Å². The molecule has 102 valence electrons. The summed E-state index contributed by atoms with van der Waals surface area (Å²) < 4.78 is 7.60. The fourth-order valence-corrected chi connectivity index (χ4v) is 2.00. The summed E-state index contributed by atoms with van der Waals surface area (Å²) in [6.07, 6.45) is 1.61. The quantitative estimate of drug-likeness (QED) is 0.936. The van der Waals surface area contributed by atoms with E-state index >= 15 is 0 Å². The SMILES string of the molecule is Cc1ccc(OCc2ncc(Cl)n2C)c([C@H](C)N)c1. The highest BCUT2D eigenvalue weighted by molar-refractivity contribution is 6.29. The second kappa shape index (κ2) is 5.63. The van der Waals surface area contributed by atoms with E-state index in [2.05, 4.69) is 4.98 Å². The fourth-order valence-electron chi connectivity index (χ4n) is 1.86. The molecule has 0 fully saturated rings. The zero-order chi connectivity index (χ0) is 14.0. The highest BCUT2D eigenvalue weighted by atomic mass is 35.5. The maximum atomic E-state index is 5.96. The van der Waals surface area contributed by atoms with Crippen molar-refractivity contribution in [2.24, 2.45) is 12.8 Å². The van der Waals surface area contributed by atoms with Gasteiger partial charge in [0.25, 0.3) is 0 Å². The lowest BCUT2D eigenvalue weighted by Gasteiger charge is -2.14. The number of ether oxygens (including phenoxy) is 1. The molecule has 0 saturated heterocycles. The summed E-state index contributed by atoms with van der Waals surface area (Å²) in [6, 6.07) is 5.93. The third-order valence-corrected chi connectivity index (χ3v) is 3.39. The number of hydrogen-bond acceptors (Lipinski definition) is 3. The van der Waals surface area contributed by atoms with E-state index in [4.69, 9.17) is 22.1 Å². The Morgan fingerprint density at radius 3 is 2.79 bits per heavy atom. The molecular formula is C14H18ClN3O. The maximum absolute atomic E-state index is 5.96. The molecule has 0 bridgehead atoms. The van der Waals surface area contributed by atoms with Crippen molar-refractivity contribution in [1.29, 1.82) is 0 Å². The average Bonchev–Trinajstić information content (AvgIpc) is 2.68. The van der Waals surface area contributed by atoms with Gasteiger partial charge in [-0.15, -0.1) is 0 Å². The van der Waals surface area contributed by atoms with Crippen molar-refractivity contribution in [3.8, 4) is 5.75 Å². The minimum absolute atomic E-state index is 0.0696. The Morgan fingerprint density at radius 2 is 2.21 bits per heavy atom. The van der Waals surface area contributed by atoms with E-state index in [1.54, 1.807) is 10.8 Å². The van der Waals surface area contributed by atoms with Gasteiger partial charge in [0.2, 0.25) is 0 Å². The smallest absolute Gasteiger partial charge is 0.147 e. The number of benzene rings is 1.